The van der Waals surface area contributed by atoms with Gasteiger partial charge in [0.05, 0.1) is 17.1 Å². The van der Waals surface area contributed by atoms with E-state index in [2.05, 4.69) is 25.4 Å². The highest BCUT2D eigenvalue weighted by molar-refractivity contribution is 7.89. The van der Waals surface area contributed by atoms with Crippen LogP contribution < -0.4 is 0 Å². The number of fused-ring (bicyclic) bond motifs is 1. The van der Waals surface area contributed by atoms with Crippen molar-refractivity contribution in [3.8, 4) is 0 Å². The molecule has 1 aromatic carbocycles. The van der Waals surface area contributed by atoms with Crippen molar-refractivity contribution in [2.75, 3.05) is 27.2 Å². The van der Waals surface area contributed by atoms with Crippen molar-refractivity contribution >= 4 is 20.9 Å². The number of tetrazole rings is 1. The molecule has 0 radical (unpaired) electrons. The minimum atomic E-state index is -3.73. The van der Waals surface area contributed by atoms with Crippen molar-refractivity contribution < 1.29 is 8.42 Å². The Kier molecular flexibility index (Phi) is 5.03. The van der Waals surface area contributed by atoms with Gasteiger partial charge in [0.15, 0.2) is 5.82 Å². The molecule has 2 aliphatic rings. The van der Waals surface area contributed by atoms with Crippen molar-refractivity contribution in [3.05, 3.63) is 42.4 Å². The Morgan fingerprint density at radius 3 is 2.68 bits per heavy atom. The van der Waals surface area contributed by atoms with E-state index < -0.39 is 15.6 Å². The molecule has 0 bridgehead atoms. The lowest BCUT2D eigenvalue weighted by Gasteiger charge is -2.35. The van der Waals surface area contributed by atoms with Crippen LogP contribution in [0.15, 0.2) is 41.4 Å². The zero-order chi connectivity index (χ0) is 21.6. The molecule has 1 atom stereocenters. The predicted molar refractivity (Wildman–Crippen MR) is 116 cm³/mol. The van der Waals surface area contributed by atoms with E-state index in [0.717, 1.165) is 24.1 Å². The molecule has 5 rings (SSSR count). The second kappa shape index (κ2) is 7.61. The first-order valence-corrected chi connectivity index (χ1v) is 12.2. The average molecular weight is 442 g/mol. The summed E-state index contributed by atoms with van der Waals surface area (Å²) < 4.78 is 30.9. The summed E-state index contributed by atoms with van der Waals surface area (Å²) in [6.07, 6.45) is 6.73. The van der Waals surface area contributed by atoms with E-state index in [1.807, 2.05) is 37.0 Å². The van der Waals surface area contributed by atoms with Crippen molar-refractivity contribution in [1.82, 2.24) is 34.4 Å². The molecular formula is C21H27N7O2S. The minimum absolute atomic E-state index is 0.246. The largest absolute Gasteiger partial charge is 0.296 e. The fourth-order valence-electron chi connectivity index (χ4n) is 5.03. The Morgan fingerprint density at radius 2 is 1.90 bits per heavy atom. The van der Waals surface area contributed by atoms with Gasteiger partial charge in [0, 0.05) is 24.7 Å². The van der Waals surface area contributed by atoms with E-state index in [4.69, 9.17) is 0 Å². The summed E-state index contributed by atoms with van der Waals surface area (Å²) in [5, 5.41) is 13.5. The summed E-state index contributed by atoms with van der Waals surface area (Å²) >= 11 is 0. The van der Waals surface area contributed by atoms with Gasteiger partial charge in [0.25, 0.3) is 0 Å². The van der Waals surface area contributed by atoms with Gasteiger partial charge in [-0.25, -0.2) is 13.1 Å². The molecule has 1 aliphatic carbocycles. The van der Waals surface area contributed by atoms with Crippen LogP contribution in [0, 0.1) is 0 Å². The summed E-state index contributed by atoms with van der Waals surface area (Å²) in [5.41, 5.74) is -0.0693. The standard InChI is InChI=1S/C21H27N7O2S/c1-26(2)21(20-23-24-25-28(20)17-9-3-4-10-17)12-14-27(15-21)31(29,30)18-11-5-7-16-8-6-13-22-19(16)18/h5-8,11,13,17H,3-4,9-10,12,14-15H2,1-2H3. The maximum absolute atomic E-state index is 13.7. The number of para-hydroxylation sites is 1. The van der Waals surface area contributed by atoms with E-state index in [1.165, 1.54) is 12.8 Å². The van der Waals surface area contributed by atoms with Crippen molar-refractivity contribution in [2.45, 2.75) is 48.6 Å². The average Bonchev–Trinajstić information content (AvgIpc) is 3.53. The number of pyridine rings is 1. The van der Waals surface area contributed by atoms with Crippen LogP contribution in [-0.4, -0.2) is 70.0 Å². The van der Waals surface area contributed by atoms with Crippen LogP contribution in [0.25, 0.3) is 10.9 Å². The molecule has 2 fully saturated rings. The minimum Gasteiger partial charge on any atom is -0.296 e. The monoisotopic (exact) mass is 441 g/mol. The summed E-state index contributed by atoms with van der Waals surface area (Å²) in [6, 6.07) is 9.27. The number of rotatable bonds is 5. The molecule has 1 saturated heterocycles. The van der Waals surface area contributed by atoms with Crippen LogP contribution >= 0.6 is 0 Å². The zero-order valence-electron chi connectivity index (χ0n) is 17.8. The van der Waals surface area contributed by atoms with Crippen molar-refractivity contribution in [1.29, 1.82) is 0 Å². The molecule has 164 valence electrons. The van der Waals surface area contributed by atoms with Crippen molar-refractivity contribution in [2.24, 2.45) is 0 Å². The molecule has 3 aromatic rings. The highest BCUT2D eigenvalue weighted by Gasteiger charge is 2.50. The van der Waals surface area contributed by atoms with E-state index in [-0.39, 0.29) is 10.9 Å². The molecule has 10 heteroatoms. The molecule has 3 heterocycles. The fraction of sp³-hybridized carbons (Fsp3) is 0.524. The van der Waals surface area contributed by atoms with Gasteiger partial charge in [-0.05, 0) is 55.9 Å². The van der Waals surface area contributed by atoms with E-state index in [9.17, 15) is 8.42 Å². The summed E-state index contributed by atoms with van der Waals surface area (Å²) in [5.74, 6) is 0.762. The number of nitrogens with zero attached hydrogens (tertiary/aromatic N) is 7. The van der Waals surface area contributed by atoms with Gasteiger partial charge in [-0.2, -0.15) is 4.31 Å². The third-order valence-electron chi connectivity index (χ3n) is 6.86. The molecule has 0 N–H and O–H groups in total. The van der Waals surface area contributed by atoms with Crippen molar-refractivity contribution in [3.63, 3.8) is 0 Å². The Balaban J connectivity index is 1.53. The summed E-state index contributed by atoms with van der Waals surface area (Å²) in [6.45, 7) is 0.708. The molecule has 1 unspecified atom stereocenters. The van der Waals surface area contributed by atoms with Crippen LogP contribution in [0.5, 0.6) is 0 Å². The molecule has 1 aliphatic heterocycles. The van der Waals surface area contributed by atoms with Gasteiger partial charge < -0.3 is 0 Å². The van der Waals surface area contributed by atoms with Crippen LogP contribution in [0.1, 0.15) is 44.0 Å². The first-order valence-electron chi connectivity index (χ1n) is 10.7. The number of aromatic nitrogens is 5. The molecule has 31 heavy (non-hydrogen) atoms. The quantitative estimate of drug-likeness (QED) is 0.599. The highest BCUT2D eigenvalue weighted by atomic mass is 32.2. The molecule has 0 amide bonds. The maximum atomic E-state index is 13.7. The van der Waals surface area contributed by atoms with Gasteiger partial charge in [-0.3, -0.25) is 9.88 Å². The Labute approximate surface area is 182 Å². The third kappa shape index (κ3) is 3.24. The molecule has 1 saturated carbocycles. The fourth-order valence-corrected chi connectivity index (χ4v) is 6.69. The Bertz CT molecular complexity index is 1200. The smallest absolute Gasteiger partial charge is 0.245 e. The first-order chi connectivity index (χ1) is 14.9. The van der Waals surface area contributed by atoms with E-state index in [0.29, 0.717) is 25.0 Å². The SMILES string of the molecule is CN(C)C1(c2nnnn2C2CCCC2)CCN(S(=O)(=O)c2cccc3cccnc23)C1. The highest BCUT2D eigenvalue weighted by Crippen LogP contribution is 2.40. The van der Waals surface area contributed by atoms with Gasteiger partial charge in [0.1, 0.15) is 4.90 Å². The van der Waals surface area contributed by atoms with E-state index in [1.54, 1.807) is 22.6 Å². The van der Waals surface area contributed by atoms with Gasteiger partial charge in [-0.15, -0.1) is 5.10 Å². The molecule has 2 aromatic heterocycles. The number of hydrogen-bond donors (Lipinski definition) is 0. The normalized spacial score (nSPS) is 23.3. The lowest BCUT2D eigenvalue weighted by Crippen LogP contribution is -2.47. The first kappa shape index (κ1) is 20.5. The second-order valence-corrected chi connectivity index (χ2v) is 10.6. The summed E-state index contributed by atoms with van der Waals surface area (Å²) in [7, 11) is 0.224. The van der Waals surface area contributed by atoms with Gasteiger partial charge >= 0.3 is 0 Å². The third-order valence-corrected chi connectivity index (χ3v) is 8.74. The van der Waals surface area contributed by atoms with Crippen LogP contribution in [0.2, 0.25) is 0 Å². The number of sulfonamides is 1. The van der Waals surface area contributed by atoms with Crippen LogP contribution in [0.4, 0.5) is 0 Å². The predicted octanol–water partition coefficient (Wildman–Crippen LogP) is 2.19. The molecular weight excluding hydrogens is 414 g/mol. The summed E-state index contributed by atoms with van der Waals surface area (Å²) in [4.78, 5) is 6.67. The number of benzene rings is 1. The Morgan fingerprint density at radius 1 is 1.13 bits per heavy atom. The van der Waals surface area contributed by atoms with Crippen LogP contribution in [-0.2, 0) is 15.6 Å². The molecule has 0 spiro atoms. The lowest BCUT2D eigenvalue weighted by atomic mass is 9.95. The van der Waals surface area contributed by atoms with Crippen LogP contribution in [0.3, 0.4) is 0 Å². The van der Waals surface area contributed by atoms with Gasteiger partial charge in [0.2, 0.25) is 10.0 Å². The van der Waals surface area contributed by atoms with E-state index >= 15 is 0 Å². The second-order valence-electron chi connectivity index (χ2n) is 8.73. The maximum Gasteiger partial charge on any atom is 0.245 e. The topological polar surface area (TPSA) is 97.1 Å². The molecule has 9 nitrogen and oxygen atoms in total. The van der Waals surface area contributed by atoms with Gasteiger partial charge in [-0.1, -0.05) is 31.0 Å². The number of hydrogen-bond acceptors (Lipinski definition) is 7. The number of likely N-dealkylation sites (N-methyl/N-ethyl adjacent to an activating group) is 1. The zero-order valence-corrected chi connectivity index (χ0v) is 18.7. The lowest BCUT2D eigenvalue weighted by molar-refractivity contribution is 0.144. The Hall–Kier alpha value is -2.43.